The SMILES string of the molecule is CN(CF)S(N)(O)O. The molecule has 0 fully saturated rings. The van der Waals surface area contributed by atoms with E-state index >= 15 is 0 Å². The fraction of sp³-hybridized carbons (Fsp3) is 1.00. The van der Waals surface area contributed by atoms with Gasteiger partial charge in [0, 0.05) is 7.05 Å². The molecule has 0 rings (SSSR count). The Labute approximate surface area is 48.7 Å². The number of nitrogens with zero attached hydrogens (tertiary/aromatic N) is 1. The Balaban J connectivity index is 3.62. The maximum absolute atomic E-state index is 11.4. The van der Waals surface area contributed by atoms with Crippen LogP contribution in [0, 0.1) is 0 Å². The molecule has 0 heterocycles. The minimum atomic E-state index is -3.29. The molecule has 0 atom stereocenters. The van der Waals surface area contributed by atoms with E-state index in [2.05, 4.69) is 5.14 Å². The van der Waals surface area contributed by atoms with Crippen LogP contribution in [0.2, 0.25) is 0 Å². The topological polar surface area (TPSA) is 69.7 Å². The summed E-state index contributed by atoms with van der Waals surface area (Å²) in [7, 11) is -2.12. The van der Waals surface area contributed by atoms with Crippen molar-refractivity contribution in [2.75, 3.05) is 13.8 Å². The van der Waals surface area contributed by atoms with Crippen molar-refractivity contribution in [1.29, 1.82) is 0 Å². The van der Waals surface area contributed by atoms with E-state index in [1.807, 2.05) is 0 Å². The molecule has 0 saturated carbocycles. The van der Waals surface area contributed by atoms with Crippen LogP contribution in [-0.2, 0) is 0 Å². The third-order valence-electron chi connectivity index (χ3n) is 0.627. The van der Waals surface area contributed by atoms with Gasteiger partial charge in [-0.2, -0.15) is 4.31 Å². The molecule has 6 heteroatoms. The first-order valence-corrected chi connectivity index (χ1v) is 3.38. The molecule has 0 spiro atoms. The summed E-state index contributed by atoms with van der Waals surface area (Å²) in [5.74, 6) is 0. The summed E-state index contributed by atoms with van der Waals surface area (Å²) < 4.78 is 28.8. The number of hydrogen-bond donors (Lipinski definition) is 3. The molecule has 8 heavy (non-hydrogen) atoms. The van der Waals surface area contributed by atoms with Gasteiger partial charge in [0.1, 0.15) is 0 Å². The normalized spacial score (nSPS) is 14.8. The first-order valence-electron chi connectivity index (χ1n) is 1.81. The molecule has 0 bridgehead atoms. The van der Waals surface area contributed by atoms with Crippen molar-refractivity contribution in [2.45, 2.75) is 0 Å². The quantitative estimate of drug-likeness (QED) is 0.490. The Bertz CT molecular complexity index is 74.9. The molecule has 0 aromatic rings. The third kappa shape index (κ3) is 2.43. The second-order valence-corrected chi connectivity index (χ2v) is 3.05. The molecule has 0 aromatic heterocycles. The van der Waals surface area contributed by atoms with E-state index in [-0.39, 0.29) is 0 Å². The van der Waals surface area contributed by atoms with E-state index in [0.29, 0.717) is 4.31 Å². The van der Waals surface area contributed by atoms with Gasteiger partial charge in [-0.1, -0.05) is 11.0 Å². The lowest BCUT2D eigenvalue weighted by Gasteiger charge is -2.33. The average molecular weight is 144 g/mol. The third-order valence-corrected chi connectivity index (χ3v) is 1.64. The fourth-order valence-corrected chi connectivity index (χ4v) is 0.215. The lowest BCUT2D eigenvalue weighted by Crippen LogP contribution is -2.28. The lowest BCUT2D eigenvalue weighted by molar-refractivity contribution is 0.294. The van der Waals surface area contributed by atoms with Gasteiger partial charge >= 0.3 is 0 Å². The molecule has 0 aliphatic rings. The highest BCUT2D eigenvalue weighted by Gasteiger charge is 2.10. The summed E-state index contributed by atoms with van der Waals surface area (Å²) >= 11 is 0. The minimum absolute atomic E-state index is 0.618. The molecule has 0 saturated heterocycles. The van der Waals surface area contributed by atoms with Gasteiger partial charge in [0.15, 0.2) is 6.80 Å². The molecule has 0 amide bonds. The van der Waals surface area contributed by atoms with Crippen LogP contribution >= 0.6 is 11.0 Å². The zero-order chi connectivity index (χ0) is 6.78. The molecule has 0 aromatic carbocycles. The van der Waals surface area contributed by atoms with Gasteiger partial charge in [-0.25, -0.2) is 9.53 Å². The van der Waals surface area contributed by atoms with E-state index in [9.17, 15) is 4.39 Å². The predicted molar refractivity (Wildman–Crippen MR) is 30.8 cm³/mol. The van der Waals surface area contributed by atoms with Gasteiger partial charge in [0.05, 0.1) is 0 Å². The fourth-order valence-electron chi connectivity index (χ4n) is 0.0718. The predicted octanol–water partition coefficient (Wildman–Crippen LogP) is 0.385. The lowest BCUT2D eigenvalue weighted by atomic mass is 11.2. The Morgan fingerprint density at radius 3 is 2.12 bits per heavy atom. The maximum Gasteiger partial charge on any atom is 0.160 e. The number of halogens is 1. The molecular weight excluding hydrogens is 135 g/mol. The number of nitrogens with two attached hydrogens (primary N) is 1. The van der Waals surface area contributed by atoms with Crippen LogP contribution in [0.4, 0.5) is 4.39 Å². The van der Waals surface area contributed by atoms with Gasteiger partial charge in [-0.15, -0.1) is 0 Å². The highest BCUT2D eigenvalue weighted by molar-refractivity contribution is 8.20. The second kappa shape index (κ2) is 2.60. The summed E-state index contributed by atoms with van der Waals surface area (Å²) in [6.07, 6.45) is 0. The van der Waals surface area contributed by atoms with Gasteiger partial charge in [0.25, 0.3) is 0 Å². The van der Waals surface area contributed by atoms with E-state index < -0.39 is 17.8 Å². The van der Waals surface area contributed by atoms with Gasteiger partial charge in [0.2, 0.25) is 0 Å². The number of hydrogen-bond acceptors (Lipinski definition) is 4. The Morgan fingerprint density at radius 1 is 1.75 bits per heavy atom. The number of rotatable bonds is 2. The van der Waals surface area contributed by atoms with Crippen LogP contribution in [-0.4, -0.2) is 27.3 Å². The first kappa shape index (κ1) is 8.12. The highest BCUT2D eigenvalue weighted by atomic mass is 32.3. The molecule has 4 N–H and O–H groups in total. The van der Waals surface area contributed by atoms with Crippen LogP contribution in [0.3, 0.4) is 0 Å². The molecule has 4 nitrogen and oxygen atoms in total. The zero-order valence-electron chi connectivity index (χ0n) is 4.41. The van der Waals surface area contributed by atoms with Crippen molar-refractivity contribution in [3.63, 3.8) is 0 Å². The molecular formula is C2H9FN2O2S. The summed E-state index contributed by atoms with van der Waals surface area (Å²) in [6.45, 7) is -0.959. The molecule has 0 radical (unpaired) electrons. The van der Waals surface area contributed by atoms with Crippen LogP contribution in [0.5, 0.6) is 0 Å². The monoisotopic (exact) mass is 144 g/mol. The van der Waals surface area contributed by atoms with Crippen molar-refractivity contribution in [1.82, 2.24) is 4.31 Å². The molecule has 0 unspecified atom stereocenters. The van der Waals surface area contributed by atoms with Crippen molar-refractivity contribution >= 4 is 11.0 Å². The summed E-state index contributed by atoms with van der Waals surface area (Å²) in [4.78, 5) is 0. The average Bonchev–Trinajstić information content (AvgIpc) is 1.62. The summed E-state index contributed by atoms with van der Waals surface area (Å²) in [6, 6.07) is 0. The zero-order valence-corrected chi connectivity index (χ0v) is 5.23. The summed E-state index contributed by atoms with van der Waals surface area (Å²) in [5, 5.41) is 4.67. The van der Waals surface area contributed by atoms with Crippen molar-refractivity contribution in [2.24, 2.45) is 5.14 Å². The van der Waals surface area contributed by atoms with Gasteiger partial charge in [-0.05, 0) is 0 Å². The minimum Gasteiger partial charge on any atom is -0.273 e. The van der Waals surface area contributed by atoms with Crippen LogP contribution in [0.25, 0.3) is 0 Å². The second-order valence-electron chi connectivity index (χ2n) is 1.31. The number of alkyl halides is 1. The van der Waals surface area contributed by atoms with Gasteiger partial charge < -0.3 is 0 Å². The van der Waals surface area contributed by atoms with Gasteiger partial charge in [-0.3, -0.25) is 9.11 Å². The molecule has 0 aliphatic heterocycles. The van der Waals surface area contributed by atoms with E-state index in [1.165, 1.54) is 7.05 Å². The Hall–Kier alpha value is 0.120. The molecule has 0 aliphatic carbocycles. The highest BCUT2D eigenvalue weighted by Crippen LogP contribution is 2.31. The summed E-state index contributed by atoms with van der Waals surface area (Å²) in [5.41, 5.74) is 0. The molecule has 52 valence electrons. The largest absolute Gasteiger partial charge is 0.273 e. The van der Waals surface area contributed by atoms with Crippen molar-refractivity contribution in [3.05, 3.63) is 0 Å². The van der Waals surface area contributed by atoms with Crippen molar-refractivity contribution in [3.8, 4) is 0 Å². The first-order chi connectivity index (χ1) is 3.48. The van der Waals surface area contributed by atoms with E-state index in [0.717, 1.165) is 0 Å². The maximum atomic E-state index is 11.4. The standard InChI is InChI=1S/C2H9FN2O2S/c1-5(2-3)8(4,6)7/h6-7H,2,4H2,1H3. The Morgan fingerprint density at radius 2 is 2.12 bits per heavy atom. The smallest absolute Gasteiger partial charge is 0.160 e. The van der Waals surface area contributed by atoms with Crippen LogP contribution < -0.4 is 5.14 Å². The van der Waals surface area contributed by atoms with Crippen LogP contribution in [0.1, 0.15) is 0 Å². The van der Waals surface area contributed by atoms with Crippen LogP contribution in [0.15, 0.2) is 0 Å². The van der Waals surface area contributed by atoms with E-state index in [4.69, 9.17) is 9.11 Å². The van der Waals surface area contributed by atoms with Crippen molar-refractivity contribution < 1.29 is 13.5 Å². The Kier molecular flexibility index (Phi) is 2.64. The van der Waals surface area contributed by atoms with E-state index in [1.54, 1.807) is 0 Å².